The number of nitrogens with zero attached hydrogens (tertiary/aromatic N) is 5. The van der Waals surface area contributed by atoms with Crippen molar-refractivity contribution >= 4 is 11.6 Å². The third-order valence-corrected chi connectivity index (χ3v) is 6.20. The molecule has 2 aromatic carbocycles. The highest BCUT2D eigenvalue weighted by Crippen LogP contribution is 2.23. The van der Waals surface area contributed by atoms with Gasteiger partial charge in [-0.1, -0.05) is 30.7 Å². The molecule has 4 aromatic rings. The molecule has 1 unspecified atom stereocenters. The zero-order valence-electron chi connectivity index (χ0n) is 18.5. The molecule has 0 aliphatic carbocycles. The van der Waals surface area contributed by atoms with Gasteiger partial charge < -0.3 is 5.32 Å². The lowest BCUT2D eigenvalue weighted by molar-refractivity contribution is -0.122. The van der Waals surface area contributed by atoms with Crippen LogP contribution >= 0.6 is 0 Å². The van der Waals surface area contributed by atoms with Crippen LogP contribution in [0.15, 0.2) is 85.5 Å². The number of rotatable bonds is 7. The standard InChI is InChI=1S/C26H28N6O/c33-26(29-23-10-12-24(13-11-23)32-18-6-15-28-32)25-9-3-4-16-30(25)19-21-7-1-2-8-22(21)20-31-17-5-14-27-31/h1-2,5-8,10-15,17-18,25H,3-4,9,16,19-20H2,(H,29,33). The molecule has 33 heavy (non-hydrogen) atoms. The van der Waals surface area contributed by atoms with Crippen LogP contribution in [0.3, 0.4) is 0 Å². The van der Waals surface area contributed by atoms with Crippen molar-refractivity contribution in [1.82, 2.24) is 24.5 Å². The molecular formula is C26H28N6O. The first kappa shape index (κ1) is 21.2. The van der Waals surface area contributed by atoms with Gasteiger partial charge in [0, 0.05) is 37.0 Å². The second kappa shape index (κ2) is 9.83. The molecule has 0 radical (unpaired) electrons. The topological polar surface area (TPSA) is 68.0 Å². The second-order valence-corrected chi connectivity index (χ2v) is 8.44. The van der Waals surface area contributed by atoms with Crippen LogP contribution in [0.4, 0.5) is 5.69 Å². The summed E-state index contributed by atoms with van der Waals surface area (Å²) in [6.07, 6.45) is 10.5. The molecule has 7 nitrogen and oxygen atoms in total. The first-order valence-electron chi connectivity index (χ1n) is 11.5. The van der Waals surface area contributed by atoms with E-state index >= 15 is 0 Å². The Kier molecular flexibility index (Phi) is 6.30. The average molecular weight is 441 g/mol. The number of carbonyl (C=O) groups excluding carboxylic acids is 1. The molecule has 1 aliphatic rings. The molecule has 1 atom stereocenters. The Morgan fingerprint density at radius 3 is 2.36 bits per heavy atom. The maximum atomic E-state index is 13.2. The van der Waals surface area contributed by atoms with Crippen LogP contribution in [0, 0.1) is 0 Å². The third-order valence-electron chi connectivity index (χ3n) is 6.20. The van der Waals surface area contributed by atoms with Gasteiger partial charge in [0.2, 0.25) is 5.91 Å². The van der Waals surface area contributed by atoms with Crippen molar-refractivity contribution in [3.63, 3.8) is 0 Å². The maximum absolute atomic E-state index is 13.2. The van der Waals surface area contributed by atoms with Crippen molar-refractivity contribution in [2.75, 3.05) is 11.9 Å². The maximum Gasteiger partial charge on any atom is 0.241 e. The molecule has 0 bridgehead atoms. The quantitative estimate of drug-likeness (QED) is 0.470. The number of aromatic nitrogens is 4. The molecule has 0 saturated carbocycles. The Labute approximate surface area is 193 Å². The monoisotopic (exact) mass is 440 g/mol. The molecule has 3 heterocycles. The van der Waals surface area contributed by atoms with Crippen LogP contribution in [0.5, 0.6) is 0 Å². The molecule has 1 aliphatic heterocycles. The highest BCUT2D eigenvalue weighted by molar-refractivity contribution is 5.95. The summed E-state index contributed by atoms with van der Waals surface area (Å²) in [5.74, 6) is 0.0612. The Balaban J connectivity index is 1.28. The first-order chi connectivity index (χ1) is 16.3. The Morgan fingerprint density at radius 2 is 1.64 bits per heavy atom. The Hall–Kier alpha value is -3.71. The fraction of sp³-hybridized carbons (Fsp3) is 0.269. The number of carbonyl (C=O) groups is 1. The van der Waals surface area contributed by atoms with E-state index in [1.165, 1.54) is 11.1 Å². The van der Waals surface area contributed by atoms with E-state index in [1.54, 1.807) is 17.1 Å². The zero-order chi connectivity index (χ0) is 22.5. The summed E-state index contributed by atoms with van der Waals surface area (Å²) in [5.41, 5.74) is 4.25. The third kappa shape index (κ3) is 5.04. The van der Waals surface area contributed by atoms with Gasteiger partial charge in [-0.15, -0.1) is 0 Å². The molecule has 0 spiro atoms. The van der Waals surface area contributed by atoms with Gasteiger partial charge in [-0.25, -0.2) is 4.68 Å². The fourth-order valence-electron chi connectivity index (χ4n) is 4.48. The van der Waals surface area contributed by atoms with Gasteiger partial charge in [0.05, 0.1) is 18.3 Å². The average Bonchev–Trinajstić information content (AvgIpc) is 3.56. The Morgan fingerprint density at radius 1 is 0.879 bits per heavy atom. The minimum atomic E-state index is -0.137. The number of hydrogen-bond acceptors (Lipinski definition) is 4. The van der Waals surface area contributed by atoms with Crippen molar-refractivity contribution in [2.45, 2.75) is 38.4 Å². The normalized spacial score (nSPS) is 16.5. The van der Waals surface area contributed by atoms with Crippen molar-refractivity contribution < 1.29 is 4.79 Å². The van der Waals surface area contributed by atoms with E-state index in [0.29, 0.717) is 0 Å². The summed E-state index contributed by atoms with van der Waals surface area (Å²) in [5, 5.41) is 11.7. The molecule has 1 N–H and O–H groups in total. The van der Waals surface area contributed by atoms with Crippen LogP contribution in [0.25, 0.3) is 5.69 Å². The number of benzene rings is 2. The molecule has 5 rings (SSSR count). The van der Waals surface area contributed by atoms with Gasteiger partial charge >= 0.3 is 0 Å². The highest BCUT2D eigenvalue weighted by Gasteiger charge is 2.29. The van der Waals surface area contributed by atoms with Crippen LogP contribution < -0.4 is 5.32 Å². The van der Waals surface area contributed by atoms with E-state index in [0.717, 1.165) is 50.3 Å². The van der Waals surface area contributed by atoms with Crippen molar-refractivity contribution in [3.05, 3.63) is 96.6 Å². The van der Waals surface area contributed by atoms with Gasteiger partial charge in [0.1, 0.15) is 0 Å². The molecule has 1 amide bonds. The zero-order valence-corrected chi connectivity index (χ0v) is 18.5. The number of likely N-dealkylation sites (tertiary alicyclic amines) is 1. The Bertz CT molecular complexity index is 1170. The first-order valence-corrected chi connectivity index (χ1v) is 11.5. The number of hydrogen-bond donors (Lipinski definition) is 1. The minimum Gasteiger partial charge on any atom is -0.325 e. The van der Waals surface area contributed by atoms with Gasteiger partial charge in [-0.3, -0.25) is 14.4 Å². The summed E-state index contributed by atoms with van der Waals surface area (Å²) in [6, 6.07) is 19.9. The molecule has 1 saturated heterocycles. The lowest BCUT2D eigenvalue weighted by Crippen LogP contribution is -2.46. The van der Waals surface area contributed by atoms with E-state index in [2.05, 4.69) is 44.7 Å². The number of anilines is 1. The van der Waals surface area contributed by atoms with E-state index < -0.39 is 0 Å². The summed E-state index contributed by atoms with van der Waals surface area (Å²) >= 11 is 0. The van der Waals surface area contributed by atoms with Gasteiger partial charge in [0.25, 0.3) is 0 Å². The van der Waals surface area contributed by atoms with E-state index in [-0.39, 0.29) is 11.9 Å². The molecular weight excluding hydrogens is 412 g/mol. The predicted molar refractivity (Wildman–Crippen MR) is 128 cm³/mol. The van der Waals surface area contributed by atoms with Crippen molar-refractivity contribution in [3.8, 4) is 5.69 Å². The molecule has 7 heteroatoms. The lowest BCUT2D eigenvalue weighted by atomic mass is 9.99. The smallest absolute Gasteiger partial charge is 0.241 e. The summed E-state index contributed by atoms with van der Waals surface area (Å²) in [4.78, 5) is 15.6. The second-order valence-electron chi connectivity index (χ2n) is 8.44. The molecule has 168 valence electrons. The van der Waals surface area contributed by atoms with E-state index in [1.807, 2.05) is 53.5 Å². The summed E-state index contributed by atoms with van der Waals surface area (Å²) in [6.45, 7) is 2.41. The molecule has 1 fully saturated rings. The SMILES string of the molecule is O=C(Nc1ccc(-n2cccn2)cc1)C1CCCCN1Cc1ccccc1Cn1cccn1. The minimum absolute atomic E-state index is 0.0612. The van der Waals surface area contributed by atoms with E-state index in [4.69, 9.17) is 0 Å². The summed E-state index contributed by atoms with van der Waals surface area (Å²) in [7, 11) is 0. The van der Waals surface area contributed by atoms with Crippen molar-refractivity contribution in [2.24, 2.45) is 0 Å². The van der Waals surface area contributed by atoms with Gasteiger partial charge in [0.15, 0.2) is 0 Å². The van der Waals surface area contributed by atoms with Crippen molar-refractivity contribution in [1.29, 1.82) is 0 Å². The molecule has 2 aromatic heterocycles. The number of amides is 1. The fourth-order valence-corrected chi connectivity index (χ4v) is 4.48. The number of piperidine rings is 1. The van der Waals surface area contributed by atoms with Crippen LogP contribution in [0.1, 0.15) is 30.4 Å². The van der Waals surface area contributed by atoms with E-state index in [9.17, 15) is 4.79 Å². The highest BCUT2D eigenvalue weighted by atomic mass is 16.2. The van der Waals surface area contributed by atoms with Crippen LogP contribution in [-0.2, 0) is 17.9 Å². The summed E-state index contributed by atoms with van der Waals surface area (Å²) < 4.78 is 3.74. The van der Waals surface area contributed by atoms with Crippen LogP contribution in [0.2, 0.25) is 0 Å². The van der Waals surface area contributed by atoms with Crippen LogP contribution in [-0.4, -0.2) is 43.0 Å². The predicted octanol–water partition coefficient (Wildman–Crippen LogP) is 4.11. The van der Waals surface area contributed by atoms with Gasteiger partial charge in [-0.2, -0.15) is 10.2 Å². The number of nitrogens with one attached hydrogen (secondary N) is 1. The van der Waals surface area contributed by atoms with Gasteiger partial charge in [-0.05, 0) is 66.9 Å². The lowest BCUT2D eigenvalue weighted by Gasteiger charge is -2.35. The largest absolute Gasteiger partial charge is 0.325 e.